The van der Waals surface area contributed by atoms with E-state index in [1.807, 2.05) is 0 Å². The molecule has 0 aromatic carbocycles. The maximum Gasteiger partial charge on any atom is 0.159 e. The van der Waals surface area contributed by atoms with Crippen LogP contribution in [-0.2, 0) is 9.47 Å². The Morgan fingerprint density at radius 1 is 0.840 bits per heavy atom. The predicted molar refractivity (Wildman–Crippen MR) is 108 cm³/mol. The molecule has 0 bridgehead atoms. The Morgan fingerprint density at radius 2 is 1.40 bits per heavy atom. The molecule has 25 heavy (non-hydrogen) atoms. The maximum absolute atomic E-state index is 5.59. The zero-order valence-electron chi connectivity index (χ0n) is 17.6. The molecule has 0 spiro atoms. The number of piperidine rings is 1. The van der Waals surface area contributed by atoms with Crippen molar-refractivity contribution in [2.75, 3.05) is 33.9 Å². The van der Waals surface area contributed by atoms with Crippen LogP contribution in [0, 0.1) is 11.8 Å². The van der Waals surface area contributed by atoms with Crippen LogP contribution < -0.4 is 0 Å². The Kier molecular flexibility index (Phi) is 13.7. The van der Waals surface area contributed by atoms with Gasteiger partial charge in [-0.15, -0.1) is 0 Å². The summed E-state index contributed by atoms with van der Waals surface area (Å²) in [6, 6.07) is 0. The van der Waals surface area contributed by atoms with Gasteiger partial charge in [-0.25, -0.2) is 0 Å². The van der Waals surface area contributed by atoms with Gasteiger partial charge in [0.1, 0.15) is 0 Å². The third-order valence-corrected chi connectivity index (χ3v) is 5.95. The second-order valence-electron chi connectivity index (χ2n) is 8.18. The van der Waals surface area contributed by atoms with Gasteiger partial charge in [0.15, 0.2) is 6.29 Å². The van der Waals surface area contributed by atoms with Crippen molar-refractivity contribution in [1.82, 2.24) is 4.90 Å². The van der Waals surface area contributed by atoms with Crippen LogP contribution in [0.3, 0.4) is 0 Å². The smallest absolute Gasteiger partial charge is 0.159 e. The van der Waals surface area contributed by atoms with Crippen LogP contribution in [0.15, 0.2) is 0 Å². The zero-order valence-corrected chi connectivity index (χ0v) is 17.6. The van der Waals surface area contributed by atoms with Crippen LogP contribution in [0.1, 0.15) is 90.9 Å². The van der Waals surface area contributed by atoms with E-state index in [2.05, 4.69) is 18.7 Å². The van der Waals surface area contributed by atoms with Crippen LogP contribution in [-0.4, -0.2) is 45.0 Å². The quantitative estimate of drug-likeness (QED) is 0.271. The van der Waals surface area contributed by atoms with Crippen LogP contribution in [0.25, 0.3) is 0 Å². The minimum Gasteiger partial charge on any atom is -0.356 e. The minimum atomic E-state index is -0.0264. The maximum atomic E-state index is 5.59. The fourth-order valence-corrected chi connectivity index (χ4v) is 4.12. The lowest BCUT2D eigenvalue weighted by Crippen LogP contribution is -2.34. The Morgan fingerprint density at radius 3 is 2.00 bits per heavy atom. The number of ether oxygens (including phenoxy) is 2. The van der Waals surface area contributed by atoms with Crippen molar-refractivity contribution in [3.8, 4) is 0 Å². The summed E-state index contributed by atoms with van der Waals surface area (Å²) in [5.74, 6) is 1.47. The van der Waals surface area contributed by atoms with Gasteiger partial charge in [0.05, 0.1) is 0 Å². The second kappa shape index (κ2) is 15.0. The number of likely N-dealkylation sites (tertiary alicyclic amines) is 1. The van der Waals surface area contributed by atoms with Crippen molar-refractivity contribution in [3.05, 3.63) is 0 Å². The third kappa shape index (κ3) is 10.6. The average Bonchev–Trinajstić information content (AvgIpc) is 2.63. The van der Waals surface area contributed by atoms with Crippen molar-refractivity contribution in [2.24, 2.45) is 11.8 Å². The van der Waals surface area contributed by atoms with Crippen molar-refractivity contribution in [1.29, 1.82) is 0 Å². The largest absolute Gasteiger partial charge is 0.356 e. The van der Waals surface area contributed by atoms with Crippen molar-refractivity contribution in [2.45, 2.75) is 97.2 Å². The van der Waals surface area contributed by atoms with Gasteiger partial charge in [0, 0.05) is 20.1 Å². The SMILES string of the molecule is CCCCCCCCCC(CCCN1CCC(C)CC1)C(OC)OC. The molecule has 0 saturated carbocycles. The summed E-state index contributed by atoms with van der Waals surface area (Å²) < 4.78 is 11.2. The molecule has 150 valence electrons. The fraction of sp³-hybridized carbons (Fsp3) is 1.00. The van der Waals surface area contributed by atoms with Crippen molar-refractivity contribution in [3.63, 3.8) is 0 Å². The standard InChI is InChI=1S/C22H45NO2/c1-5-6-7-8-9-10-11-13-21(22(24-3)25-4)14-12-17-23-18-15-20(2)16-19-23/h20-22H,5-19H2,1-4H3. The molecule has 0 N–H and O–H groups in total. The summed E-state index contributed by atoms with van der Waals surface area (Å²) in [4.78, 5) is 2.65. The second-order valence-corrected chi connectivity index (χ2v) is 8.18. The number of hydrogen-bond acceptors (Lipinski definition) is 3. The molecule has 1 rings (SSSR count). The van der Waals surface area contributed by atoms with Gasteiger partial charge in [0.2, 0.25) is 0 Å². The Labute approximate surface area is 157 Å². The minimum absolute atomic E-state index is 0.0264. The van der Waals surface area contributed by atoms with Gasteiger partial charge in [-0.3, -0.25) is 0 Å². The first-order valence-electron chi connectivity index (χ1n) is 11.0. The zero-order chi connectivity index (χ0) is 18.3. The van der Waals surface area contributed by atoms with Crippen LogP contribution in [0.2, 0.25) is 0 Å². The highest BCUT2D eigenvalue weighted by Crippen LogP contribution is 2.24. The van der Waals surface area contributed by atoms with E-state index < -0.39 is 0 Å². The summed E-state index contributed by atoms with van der Waals surface area (Å²) in [6.07, 6.45) is 16.1. The van der Waals surface area contributed by atoms with Crippen LogP contribution in [0.5, 0.6) is 0 Å². The summed E-state index contributed by atoms with van der Waals surface area (Å²) in [5.41, 5.74) is 0. The number of hydrogen-bond donors (Lipinski definition) is 0. The number of rotatable bonds is 15. The number of nitrogens with zero attached hydrogens (tertiary/aromatic N) is 1. The Bertz CT molecular complexity index is 286. The van der Waals surface area contributed by atoms with Gasteiger partial charge in [0.25, 0.3) is 0 Å². The number of unbranched alkanes of at least 4 members (excludes halogenated alkanes) is 6. The first kappa shape index (κ1) is 22.9. The van der Waals surface area contributed by atoms with Gasteiger partial charge >= 0.3 is 0 Å². The van der Waals surface area contributed by atoms with Gasteiger partial charge in [-0.1, -0.05) is 58.8 Å². The lowest BCUT2D eigenvalue weighted by molar-refractivity contribution is -0.141. The molecule has 1 unspecified atom stereocenters. The molecule has 3 nitrogen and oxygen atoms in total. The van der Waals surface area contributed by atoms with E-state index in [1.165, 1.54) is 96.7 Å². The molecule has 3 heteroatoms. The lowest BCUT2D eigenvalue weighted by atomic mass is 9.94. The monoisotopic (exact) mass is 355 g/mol. The van der Waals surface area contributed by atoms with Crippen LogP contribution >= 0.6 is 0 Å². The van der Waals surface area contributed by atoms with E-state index in [1.54, 1.807) is 14.2 Å². The van der Waals surface area contributed by atoms with Gasteiger partial charge in [-0.2, -0.15) is 0 Å². The Hall–Kier alpha value is -0.120. The van der Waals surface area contributed by atoms with E-state index in [0.29, 0.717) is 5.92 Å². The molecule has 0 aromatic heterocycles. The molecule has 1 fully saturated rings. The van der Waals surface area contributed by atoms with Crippen molar-refractivity contribution >= 4 is 0 Å². The topological polar surface area (TPSA) is 21.7 Å². The molecule has 1 atom stereocenters. The number of methoxy groups -OCH3 is 2. The third-order valence-electron chi connectivity index (χ3n) is 5.95. The normalized spacial score (nSPS) is 18.1. The lowest BCUT2D eigenvalue weighted by Gasteiger charge is -2.31. The molecule has 0 amide bonds. The highest BCUT2D eigenvalue weighted by Gasteiger charge is 2.21. The molecule has 0 aliphatic carbocycles. The van der Waals surface area contributed by atoms with Crippen molar-refractivity contribution < 1.29 is 9.47 Å². The molecule has 1 saturated heterocycles. The first-order chi connectivity index (χ1) is 12.2. The van der Waals surface area contributed by atoms with E-state index in [9.17, 15) is 0 Å². The molecular formula is C22H45NO2. The summed E-state index contributed by atoms with van der Waals surface area (Å²) in [5, 5.41) is 0. The molecular weight excluding hydrogens is 310 g/mol. The van der Waals surface area contributed by atoms with E-state index in [-0.39, 0.29) is 6.29 Å². The molecule has 1 heterocycles. The van der Waals surface area contributed by atoms with E-state index in [0.717, 1.165) is 5.92 Å². The fourth-order valence-electron chi connectivity index (χ4n) is 4.12. The summed E-state index contributed by atoms with van der Waals surface area (Å²) in [7, 11) is 3.58. The highest BCUT2D eigenvalue weighted by atomic mass is 16.7. The Balaban J connectivity index is 2.20. The van der Waals surface area contributed by atoms with E-state index in [4.69, 9.17) is 9.47 Å². The molecule has 1 aliphatic heterocycles. The first-order valence-corrected chi connectivity index (χ1v) is 11.0. The summed E-state index contributed by atoms with van der Waals surface area (Å²) in [6.45, 7) is 8.51. The van der Waals surface area contributed by atoms with Crippen LogP contribution in [0.4, 0.5) is 0 Å². The molecule has 1 aliphatic rings. The highest BCUT2D eigenvalue weighted by molar-refractivity contribution is 4.71. The van der Waals surface area contributed by atoms with Gasteiger partial charge in [-0.05, 0) is 57.7 Å². The van der Waals surface area contributed by atoms with Gasteiger partial charge < -0.3 is 14.4 Å². The summed E-state index contributed by atoms with van der Waals surface area (Å²) >= 11 is 0. The van der Waals surface area contributed by atoms with E-state index >= 15 is 0 Å². The predicted octanol–water partition coefficient (Wildman–Crippen LogP) is 5.87. The average molecular weight is 356 g/mol. The molecule has 0 aromatic rings. The molecule has 0 radical (unpaired) electrons.